The molecule has 2 aromatic carbocycles. The number of aromatic nitrogens is 1. The summed E-state index contributed by atoms with van der Waals surface area (Å²) in [6.45, 7) is 3.52. The van der Waals surface area contributed by atoms with Crippen molar-refractivity contribution < 1.29 is 23.4 Å². The zero-order valence-corrected chi connectivity index (χ0v) is 18.4. The molecule has 0 fully saturated rings. The molecule has 0 radical (unpaired) electrons. The minimum atomic E-state index is -1.26. The van der Waals surface area contributed by atoms with Crippen LogP contribution in [0.4, 0.5) is 8.78 Å². The normalized spacial score (nSPS) is 12.2. The predicted octanol–water partition coefficient (Wildman–Crippen LogP) is 4.14. The van der Waals surface area contributed by atoms with Crippen LogP contribution in [0.25, 0.3) is 11.8 Å². The molecule has 1 amide bonds. The number of aryl methyl sites for hydroxylation is 1. The molecule has 0 saturated carbocycles. The first-order valence-corrected chi connectivity index (χ1v) is 10.1. The van der Waals surface area contributed by atoms with Crippen molar-refractivity contribution >= 4 is 12.0 Å². The summed E-state index contributed by atoms with van der Waals surface area (Å²) in [5, 5.41) is 22.1. The van der Waals surface area contributed by atoms with Crippen LogP contribution in [0.15, 0.2) is 54.1 Å². The molecule has 0 aliphatic carbocycles. The average Bonchev–Trinajstić information content (AvgIpc) is 3.09. The number of aliphatic hydroxyl groups excluding tert-OH is 1. The lowest BCUT2D eigenvalue weighted by atomic mass is 10.1. The van der Waals surface area contributed by atoms with Crippen LogP contribution in [0, 0.1) is 36.8 Å². The van der Waals surface area contributed by atoms with Crippen LogP contribution in [0.3, 0.4) is 0 Å². The minimum Gasteiger partial charge on any atom is -0.497 e. The van der Waals surface area contributed by atoms with Crippen molar-refractivity contribution in [2.45, 2.75) is 20.0 Å². The number of benzene rings is 2. The summed E-state index contributed by atoms with van der Waals surface area (Å²) in [6.07, 6.45) is 0.214. The molecule has 170 valence electrons. The fourth-order valence-corrected chi connectivity index (χ4v) is 3.49. The zero-order chi connectivity index (χ0) is 24.1. The van der Waals surface area contributed by atoms with E-state index in [2.05, 4.69) is 5.32 Å². The fraction of sp³-hybridized carbons (Fsp3) is 0.200. The van der Waals surface area contributed by atoms with Gasteiger partial charge in [-0.2, -0.15) is 5.26 Å². The van der Waals surface area contributed by atoms with Gasteiger partial charge in [-0.05, 0) is 73.5 Å². The van der Waals surface area contributed by atoms with Crippen molar-refractivity contribution in [2.24, 2.45) is 0 Å². The first-order valence-electron chi connectivity index (χ1n) is 10.1. The Morgan fingerprint density at radius 2 is 1.88 bits per heavy atom. The van der Waals surface area contributed by atoms with Crippen LogP contribution in [-0.4, -0.2) is 29.2 Å². The van der Waals surface area contributed by atoms with Gasteiger partial charge in [0.25, 0.3) is 5.91 Å². The molecular formula is C25H23F2N3O3. The summed E-state index contributed by atoms with van der Waals surface area (Å²) in [4.78, 5) is 12.5. The molecule has 0 saturated heterocycles. The lowest BCUT2D eigenvalue weighted by Gasteiger charge is -2.12. The molecule has 8 heteroatoms. The maximum Gasteiger partial charge on any atom is 0.262 e. The Morgan fingerprint density at radius 1 is 1.18 bits per heavy atom. The predicted molar refractivity (Wildman–Crippen MR) is 120 cm³/mol. The molecule has 3 rings (SSSR count). The maximum atomic E-state index is 13.4. The van der Waals surface area contributed by atoms with Crippen molar-refractivity contribution in [3.05, 3.63) is 88.3 Å². The van der Waals surface area contributed by atoms with Gasteiger partial charge >= 0.3 is 0 Å². The number of nitrogens with one attached hydrogen (secondary N) is 1. The highest BCUT2D eigenvalue weighted by atomic mass is 19.2. The van der Waals surface area contributed by atoms with Gasteiger partial charge in [-0.3, -0.25) is 4.79 Å². The third-order valence-corrected chi connectivity index (χ3v) is 5.25. The molecule has 0 bridgehead atoms. The van der Waals surface area contributed by atoms with E-state index in [9.17, 15) is 23.9 Å². The van der Waals surface area contributed by atoms with E-state index in [1.807, 2.05) is 54.8 Å². The second-order valence-electron chi connectivity index (χ2n) is 7.43. The highest BCUT2D eigenvalue weighted by Gasteiger charge is 2.16. The van der Waals surface area contributed by atoms with E-state index >= 15 is 0 Å². The van der Waals surface area contributed by atoms with Crippen molar-refractivity contribution in [3.63, 3.8) is 0 Å². The molecule has 33 heavy (non-hydrogen) atoms. The average molecular weight is 451 g/mol. The Morgan fingerprint density at radius 3 is 2.48 bits per heavy atom. The van der Waals surface area contributed by atoms with Crippen LogP contribution < -0.4 is 10.1 Å². The van der Waals surface area contributed by atoms with E-state index in [-0.39, 0.29) is 17.7 Å². The first kappa shape index (κ1) is 23.7. The number of hydrogen-bond donors (Lipinski definition) is 2. The van der Waals surface area contributed by atoms with Gasteiger partial charge in [-0.15, -0.1) is 0 Å². The largest absolute Gasteiger partial charge is 0.497 e. The fourth-order valence-electron chi connectivity index (χ4n) is 3.49. The second kappa shape index (κ2) is 10.1. The van der Waals surface area contributed by atoms with E-state index in [0.717, 1.165) is 35.0 Å². The van der Waals surface area contributed by atoms with Gasteiger partial charge in [0.1, 0.15) is 17.4 Å². The summed E-state index contributed by atoms with van der Waals surface area (Å²) >= 11 is 0. The zero-order valence-electron chi connectivity index (χ0n) is 18.4. The summed E-state index contributed by atoms with van der Waals surface area (Å²) in [6, 6.07) is 14.2. The maximum absolute atomic E-state index is 13.4. The summed E-state index contributed by atoms with van der Waals surface area (Å²) in [5.74, 6) is -2.08. The number of methoxy groups -OCH3 is 1. The van der Waals surface area contributed by atoms with Gasteiger partial charge in [0, 0.05) is 23.6 Å². The van der Waals surface area contributed by atoms with Crippen LogP contribution in [0.2, 0.25) is 0 Å². The third-order valence-electron chi connectivity index (χ3n) is 5.25. The van der Waals surface area contributed by atoms with Crippen molar-refractivity contribution in [1.82, 2.24) is 9.88 Å². The molecular weight excluding hydrogens is 428 g/mol. The lowest BCUT2D eigenvalue weighted by Crippen LogP contribution is -2.29. The summed E-state index contributed by atoms with van der Waals surface area (Å²) in [7, 11) is 1.59. The van der Waals surface area contributed by atoms with Crippen molar-refractivity contribution in [3.8, 4) is 17.5 Å². The Bertz CT molecular complexity index is 1240. The van der Waals surface area contributed by atoms with Crippen LogP contribution in [0.5, 0.6) is 5.75 Å². The number of halogens is 2. The number of ether oxygens (including phenoxy) is 1. The molecule has 0 spiro atoms. The van der Waals surface area contributed by atoms with Crippen LogP contribution in [0.1, 0.15) is 28.6 Å². The highest BCUT2D eigenvalue weighted by Crippen LogP contribution is 2.24. The number of carbonyl (C=O) groups excluding carboxylic acids is 1. The molecule has 6 nitrogen and oxygen atoms in total. The Labute approximate surface area is 190 Å². The highest BCUT2D eigenvalue weighted by molar-refractivity contribution is 6.01. The van der Waals surface area contributed by atoms with Gasteiger partial charge in [0.05, 0.1) is 13.2 Å². The quantitative estimate of drug-likeness (QED) is 0.418. The number of amides is 1. The smallest absolute Gasteiger partial charge is 0.262 e. The molecule has 0 aliphatic rings. The lowest BCUT2D eigenvalue weighted by molar-refractivity contribution is -0.117. The van der Waals surface area contributed by atoms with Gasteiger partial charge in [-0.25, -0.2) is 8.78 Å². The van der Waals surface area contributed by atoms with Crippen LogP contribution in [-0.2, 0) is 4.79 Å². The monoisotopic (exact) mass is 451 g/mol. The second-order valence-corrected chi connectivity index (χ2v) is 7.43. The number of nitriles is 1. The number of rotatable bonds is 7. The van der Waals surface area contributed by atoms with Crippen molar-refractivity contribution in [2.75, 3.05) is 13.7 Å². The molecule has 1 aromatic heterocycles. The minimum absolute atomic E-state index is 0.111. The molecule has 3 aromatic rings. The number of aliphatic hydroxyl groups is 1. The van der Waals surface area contributed by atoms with E-state index in [0.29, 0.717) is 5.56 Å². The van der Waals surface area contributed by atoms with Crippen LogP contribution >= 0.6 is 0 Å². The van der Waals surface area contributed by atoms with E-state index < -0.39 is 23.6 Å². The van der Waals surface area contributed by atoms with Crippen molar-refractivity contribution in [1.29, 1.82) is 5.26 Å². The van der Waals surface area contributed by atoms with Gasteiger partial charge < -0.3 is 19.7 Å². The molecule has 0 aliphatic heterocycles. The van der Waals surface area contributed by atoms with E-state index in [4.69, 9.17) is 4.74 Å². The van der Waals surface area contributed by atoms with E-state index in [1.165, 1.54) is 12.1 Å². The summed E-state index contributed by atoms with van der Waals surface area (Å²) < 4.78 is 33.6. The Balaban J connectivity index is 1.77. The van der Waals surface area contributed by atoms with Gasteiger partial charge in [0.2, 0.25) is 0 Å². The number of carbonyl (C=O) groups is 1. The Hall–Kier alpha value is -3.96. The molecule has 1 atom stereocenters. The molecule has 0 unspecified atom stereocenters. The standard InChI is InChI=1S/C25H23F2N3O3/c1-15-10-18(16(2)30(15)20-5-7-21(33-3)8-6-20)11-19(13-28)25(32)29-14-24(31)17-4-9-22(26)23(27)12-17/h4-12,24,31H,14H2,1-3H3,(H,29,32)/b19-11-/t24-/m0/s1. The van der Waals surface area contributed by atoms with Gasteiger partial charge in [-0.1, -0.05) is 6.07 Å². The topological polar surface area (TPSA) is 87.3 Å². The molecule has 1 heterocycles. The third kappa shape index (κ3) is 5.27. The Kier molecular flexibility index (Phi) is 7.26. The number of nitrogens with zero attached hydrogens (tertiary/aromatic N) is 2. The summed E-state index contributed by atoms with van der Waals surface area (Å²) in [5.41, 5.74) is 3.30. The van der Waals surface area contributed by atoms with E-state index in [1.54, 1.807) is 7.11 Å². The SMILES string of the molecule is COc1ccc(-n2c(C)cc(/C=C(/C#N)C(=O)NC[C@H](O)c3ccc(F)c(F)c3)c2C)cc1. The van der Waals surface area contributed by atoms with Gasteiger partial charge in [0.15, 0.2) is 11.6 Å². The number of hydrogen-bond acceptors (Lipinski definition) is 4. The first-order chi connectivity index (χ1) is 15.7. The molecule has 2 N–H and O–H groups in total.